The van der Waals surface area contributed by atoms with Crippen molar-refractivity contribution in [1.29, 1.82) is 0 Å². The molecule has 0 aromatic heterocycles. The van der Waals surface area contributed by atoms with E-state index in [0.717, 1.165) is 17.5 Å². The Morgan fingerprint density at radius 1 is 0.926 bits per heavy atom. The minimum Gasteiger partial charge on any atom is -0.323 e. The summed E-state index contributed by atoms with van der Waals surface area (Å²) in [7, 11) is -2.56. The first-order valence-electron chi connectivity index (χ1n) is 10.0. The van der Waals surface area contributed by atoms with E-state index in [1.807, 2.05) is 36.4 Å². The molecule has 0 heterocycles. The Labute approximate surface area is 162 Å². The van der Waals surface area contributed by atoms with Gasteiger partial charge in [-0.15, -0.1) is 0 Å². The zero-order valence-corrected chi connectivity index (χ0v) is 17.2. The Balaban J connectivity index is 1.61. The molecule has 0 amide bonds. The monoisotopic (exact) mass is 380 g/mol. The van der Waals surface area contributed by atoms with Crippen LogP contribution in [0.3, 0.4) is 0 Å². The maximum absolute atomic E-state index is 14.2. The van der Waals surface area contributed by atoms with Crippen molar-refractivity contribution in [3.8, 4) is 0 Å². The van der Waals surface area contributed by atoms with Crippen molar-refractivity contribution in [2.45, 2.75) is 39.0 Å². The minimum absolute atomic E-state index is 0.0248. The van der Waals surface area contributed by atoms with Crippen molar-refractivity contribution in [2.24, 2.45) is 23.2 Å². The van der Waals surface area contributed by atoms with Crippen LogP contribution in [0.1, 0.15) is 37.8 Å². The first-order valence-corrected chi connectivity index (χ1v) is 12.3. The van der Waals surface area contributed by atoms with E-state index in [1.165, 1.54) is 0 Å². The predicted molar refractivity (Wildman–Crippen MR) is 111 cm³/mol. The zero-order chi connectivity index (χ0) is 19.1. The van der Waals surface area contributed by atoms with Crippen LogP contribution in [0.5, 0.6) is 0 Å². The molecule has 3 atom stereocenters. The lowest BCUT2D eigenvalue weighted by molar-refractivity contribution is -0.152. The van der Waals surface area contributed by atoms with Gasteiger partial charge < -0.3 is 4.57 Å². The van der Waals surface area contributed by atoms with Crippen molar-refractivity contribution in [3.05, 3.63) is 71.8 Å². The summed E-state index contributed by atoms with van der Waals surface area (Å²) in [5.74, 6) is 1.28. The van der Waals surface area contributed by atoms with E-state index in [0.29, 0.717) is 42.5 Å². The topological polar surface area (TPSA) is 34.1 Å². The van der Waals surface area contributed by atoms with Gasteiger partial charge in [0.15, 0.2) is 0 Å². The third-order valence-electron chi connectivity index (χ3n) is 7.05. The highest BCUT2D eigenvalue weighted by molar-refractivity contribution is 7.62. The minimum atomic E-state index is -2.56. The summed E-state index contributed by atoms with van der Waals surface area (Å²) >= 11 is 0. The number of rotatable bonds is 6. The third-order valence-corrected chi connectivity index (χ3v) is 9.99. The maximum Gasteiger partial charge on any atom is 0.137 e. The number of hydrogen-bond acceptors (Lipinski definition) is 2. The standard InChI is InChI=1S/C24H29O2P/c1-24(2)20-13-22(24)21(23(25)14-20)17-27(26,15-18-9-5-3-6-10-18)16-19-11-7-4-8-12-19/h3-12,20-22H,13-17H2,1-2H3/t20-,21+,22+/m0/s1. The van der Waals surface area contributed by atoms with Crippen LogP contribution in [-0.4, -0.2) is 11.9 Å². The largest absolute Gasteiger partial charge is 0.323 e. The van der Waals surface area contributed by atoms with Crippen LogP contribution in [-0.2, 0) is 21.7 Å². The second-order valence-corrected chi connectivity index (χ2v) is 12.3. The van der Waals surface area contributed by atoms with Gasteiger partial charge >= 0.3 is 0 Å². The molecule has 5 rings (SSSR count). The van der Waals surface area contributed by atoms with Gasteiger partial charge in [-0.1, -0.05) is 74.5 Å². The number of fused-ring (bicyclic) bond motifs is 2. The van der Waals surface area contributed by atoms with Crippen molar-refractivity contribution in [3.63, 3.8) is 0 Å². The summed E-state index contributed by atoms with van der Waals surface area (Å²) in [6.07, 6.45) is 3.56. The number of ketones is 1. The van der Waals surface area contributed by atoms with Gasteiger partial charge in [0.1, 0.15) is 5.78 Å². The van der Waals surface area contributed by atoms with Gasteiger partial charge in [-0.3, -0.25) is 4.79 Å². The summed E-state index contributed by atoms with van der Waals surface area (Å²) in [6, 6.07) is 20.3. The number of hydrogen-bond donors (Lipinski definition) is 0. The van der Waals surface area contributed by atoms with Gasteiger partial charge in [-0.2, -0.15) is 0 Å². The van der Waals surface area contributed by atoms with Crippen LogP contribution >= 0.6 is 7.14 Å². The lowest BCUT2D eigenvalue weighted by Crippen LogP contribution is -2.56. The molecule has 2 aromatic carbocycles. The van der Waals surface area contributed by atoms with Crippen LogP contribution < -0.4 is 0 Å². The SMILES string of the molecule is CC1(C)[C@@H]2CC(=O)[C@H](CP(=O)(Cc3ccccc3)Cc3ccccc3)[C@H]1C2. The molecule has 0 unspecified atom stereocenters. The van der Waals surface area contributed by atoms with Gasteiger partial charge in [0.05, 0.1) is 7.14 Å². The zero-order valence-electron chi connectivity index (χ0n) is 16.3. The molecule has 3 saturated carbocycles. The Hall–Kier alpha value is -1.66. The molecule has 2 bridgehead atoms. The normalized spacial score (nSPS) is 26.4. The predicted octanol–water partition coefficient (Wildman–Crippen LogP) is 6.00. The molecular formula is C24H29O2P. The van der Waals surface area contributed by atoms with E-state index in [2.05, 4.69) is 38.1 Å². The summed E-state index contributed by atoms with van der Waals surface area (Å²) in [4.78, 5) is 12.8. The molecule has 142 valence electrons. The third kappa shape index (κ3) is 3.69. The molecule has 2 aromatic rings. The number of Topliss-reactive ketones (excluding diaryl/α,β-unsaturated/α-hetero) is 1. The molecule has 0 N–H and O–H groups in total. The van der Waals surface area contributed by atoms with E-state index in [9.17, 15) is 9.36 Å². The summed E-state index contributed by atoms with van der Waals surface area (Å²) in [5, 5.41) is 0. The highest BCUT2D eigenvalue weighted by Crippen LogP contribution is 2.64. The van der Waals surface area contributed by atoms with Crippen LogP contribution in [0.15, 0.2) is 60.7 Å². The fourth-order valence-corrected chi connectivity index (χ4v) is 8.61. The molecule has 0 spiro atoms. The second kappa shape index (κ2) is 7.06. The van der Waals surface area contributed by atoms with Crippen LogP contribution in [0.4, 0.5) is 0 Å². The number of benzene rings is 2. The smallest absolute Gasteiger partial charge is 0.137 e. The summed E-state index contributed by atoms with van der Waals surface area (Å²) in [6.45, 7) is 4.59. The molecule has 3 fully saturated rings. The summed E-state index contributed by atoms with van der Waals surface area (Å²) in [5.41, 5.74) is 2.46. The quantitative estimate of drug-likeness (QED) is 0.576. The lowest BCUT2D eigenvalue weighted by atomic mass is 9.45. The Bertz CT molecular complexity index is 811. The lowest BCUT2D eigenvalue weighted by Gasteiger charge is -2.59. The molecule has 3 aliphatic rings. The van der Waals surface area contributed by atoms with E-state index >= 15 is 0 Å². The van der Waals surface area contributed by atoms with Crippen LogP contribution in [0.2, 0.25) is 0 Å². The van der Waals surface area contributed by atoms with Crippen LogP contribution in [0.25, 0.3) is 0 Å². The van der Waals surface area contributed by atoms with Crippen molar-refractivity contribution < 1.29 is 9.36 Å². The molecule has 0 saturated heterocycles. The summed E-state index contributed by atoms with van der Waals surface area (Å²) < 4.78 is 14.2. The van der Waals surface area contributed by atoms with Gasteiger partial charge in [-0.25, -0.2) is 0 Å². The van der Waals surface area contributed by atoms with Gasteiger partial charge in [0.25, 0.3) is 0 Å². The average Bonchev–Trinajstić information content (AvgIpc) is 2.64. The Morgan fingerprint density at radius 2 is 1.44 bits per heavy atom. The first-order chi connectivity index (χ1) is 12.9. The molecule has 0 radical (unpaired) electrons. The van der Waals surface area contributed by atoms with Gasteiger partial charge in [0, 0.05) is 30.8 Å². The molecule has 3 aliphatic carbocycles. The Morgan fingerprint density at radius 3 is 1.93 bits per heavy atom. The highest BCUT2D eigenvalue weighted by Gasteiger charge is 2.58. The number of carbonyl (C=O) groups is 1. The molecule has 0 aliphatic heterocycles. The van der Waals surface area contributed by atoms with E-state index in [1.54, 1.807) is 0 Å². The number of carbonyl (C=O) groups excluding carboxylic acids is 1. The van der Waals surface area contributed by atoms with Gasteiger partial charge in [-0.05, 0) is 34.8 Å². The fourth-order valence-electron chi connectivity index (χ4n) is 5.31. The Kier molecular flexibility index (Phi) is 4.89. The highest BCUT2D eigenvalue weighted by atomic mass is 31.2. The van der Waals surface area contributed by atoms with E-state index in [-0.39, 0.29) is 11.3 Å². The molecule has 27 heavy (non-hydrogen) atoms. The van der Waals surface area contributed by atoms with Crippen molar-refractivity contribution in [1.82, 2.24) is 0 Å². The van der Waals surface area contributed by atoms with Gasteiger partial charge in [0.2, 0.25) is 0 Å². The van der Waals surface area contributed by atoms with Crippen molar-refractivity contribution >= 4 is 12.9 Å². The first kappa shape index (κ1) is 18.7. The van der Waals surface area contributed by atoms with Crippen molar-refractivity contribution in [2.75, 3.05) is 6.16 Å². The van der Waals surface area contributed by atoms with E-state index in [4.69, 9.17) is 0 Å². The second-order valence-electron chi connectivity index (χ2n) is 9.17. The van der Waals surface area contributed by atoms with E-state index < -0.39 is 7.14 Å². The average molecular weight is 380 g/mol. The molecular weight excluding hydrogens is 351 g/mol. The maximum atomic E-state index is 14.2. The molecule has 3 heteroatoms. The fraction of sp³-hybridized carbons (Fsp3) is 0.458. The molecule has 2 nitrogen and oxygen atoms in total. The van der Waals surface area contributed by atoms with Crippen LogP contribution in [0, 0.1) is 23.2 Å².